The highest BCUT2D eigenvalue weighted by Gasteiger charge is 2.39. The van der Waals surface area contributed by atoms with Crippen LogP contribution in [0.1, 0.15) is 18.4 Å². The summed E-state index contributed by atoms with van der Waals surface area (Å²) in [5.41, 5.74) is 6.22. The number of ether oxygens (including phenoxy) is 2. The minimum Gasteiger partial charge on any atom is -0.464 e. The first kappa shape index (κ1) is 13.1. The maximum absolute atomic E-state index is 11.8. The van der Waals surface area contributed by atoms with Crippen LogP contribution in [0.4, 0.5) is 0 Å². The van der Waals surface area contributed by atoms with Gasteiger partial charge in [0.15, 0.2) is 0 Å². The molecule has 98 valence electrons. The normalized spacial score (nSPS) is 22.9. The first-order chi connectivity index (χ1) is 8.71. The number of hydrogen-bond acceptors (Lipinski definition) is 4. The van der Waals surface area contributed by atoms with E-state index in [1.807, 2.05) is 18.2 Å². The number of benzene rings is 1. The molecule has 0 saturated carbocycles. The van der Waals surface area contributed by atoms with E-state index >= 15 is 0 Å². The molecule has 0 bridgehead atoms. The molecule has 0 spiro atoms. The highest BCUT2D eigenvalue weighted by molar-refractivity contribution is 5.81. The van der Waals surface area contributed by atoms with Gasteiger partial charge in [0.2, 0.25) is 0 Å². The number of esters is 1. The molecular formula is C14H19NO3. The molecule has 1 atom stereocenters. The Kier molecular flexibility index (Phi) is 4.33. The van der Waals surface area contributed by atoms with Crippen molar-refractivity contribution >= 4 is 5.97 Å². The second-order valence-electron chi connectivity index (χ2n) is 4.68. The Morgan fingerprint density at radius 1 is 1.39 bits per heavy atom. The molecule has 0 aliphatic carbocycles. The number of hydrogen-bond donors (Lipinski definition) is 1. The predicted molar refractivity (Wildman–Crippen MR) is 68.1 cm³/mol. The maximum atomic E-state index is 11.8. The van der Waals surface area contributed by atoms with Crippen molar-refractivity contribution in [3.8, 4) is 0 Å². The van der Waals surface area contributed by atoms with Crippen LogP contribution in [0, 0.1) is 0 Å². The zero-order valence-corrected chi connectivity index (χ0v) is 10.4. The van der Waals surface area contributed by atoms with Gasteiger partial charge in [-0.3, -0.25) is 0 Å². The van der Waals surface area contributed by atoms with Crippen molar-refractivity contribution in [2.75, 3.05) is 19.8 Å². The van der Waals surface area contributed by atoms with Crippen LogP contribution in [-0.2, 0) is 20.7 Å². The Hall–Kier alpha value is -1.39. The van der Waals surface area contributed by atoms with Crippen LogP contribution in [0.2, 0.25) is 0 Å². The molecule has 1 unspecified atom stereocenters. The molecule has 18 heavy (non-hydrogen) atoms. The van der Waals surface area contributed by atoms with Gasteiger partial charge in [-0.2, -0.15) is 0 Å². The number of nitrogens with two attached hydrogens (primary N) is 1. The summed E-state index contributed by atoms with van der Waals surface area (Å²) in [5.74, 6) is -0.340. The Bertz CT molecular complexity index is 385. The van der Waals surface area contributed by atoms with E-state index in [1.165, 1.54) is 5.56 Å². The minimum absolute atomic E-state index is 0.268. The van der Waals surface area contributed by atoms with Crippen LogP contribution in [0.15, 0.2) is 30.3 Å². The fourth-order valence-corrected chi connectivity index (χ4v) is 1.97. The van der Waals surface area contributed by atoms with E-state index < -0.39 is 5.54 Å². The number of carbonyl (C=O) groups is 1. The van der Waals surface area contributed by atoms with Gasteiger partial charge in [-0.05, 0) is 18.4 Å². The number of carbonyl (C=O) groups excluding carboxylic acids is 1. The topological polar surface area (TPSA) is 61.6 Å². The molecule has 4 nitrogen and oxygen atoms in total. The van der Waals surface area contributed by atoms with Gasteiger partial charge in [-0.15, -0.1) is 0 Å². The van der Waals surface area contributed by atoms with Gasteiger partial charge in [-0.25, -0.2) is 4.79 Å². The largest absolute Gasteiger partial charge is 0.464 e. The summed E-state index contributed by atoms with van der Waals surface area (Å²) in [4.78, 5) is 11.8. The van der Waals surface area contributed by atoms with Gasteiger partial charge in [0.1, 0.15) is 5.54 Å². The van der Waals surface area contributed by atoms with Gasteiger partial charge in [0, 0.05) is 13.0 Å². The van der Waals surface area contributed by atoms with E-state index in [4.69, 9.17) is 15.2 Å². The Labute approximate surface area is 107 Å². The molecule has 2 rings (SSSR count). The molecule has 1 aromatic rings. The summed E-state index contributed by atoms with van der Waals surface area (Å²) < 4.78 is 10.3. The summed E-state index contributed by atoms with van der Waals surface area (Å²) in [5, 5.41) is 0. The van der Waals surface area contributed by atoms with Gasteiger partial charge in [-0.1, -0.05) is 30.3 Å². The molecule has 1 aliphatic heterocycles. The summed E-state index contributed by atoms with van der Waals surface area (Å²) in [6.07, 6.45) is 2.26. The van der Waals surface area contributed by atoms with Gasteiger partial charge < -0.3 is 15.2 Å². The summed E-state index contributed by atoms with van der Waals surface area (Å²) >= 11 is 0. The van der Waals surface area contributed by atoms with Crippen LogP contribution in [0.3, 0.4) is 0 Å². The zero-order valence-electron chi connectivity index (χ0n) is 10.4. The Balaban J connectivity index is 1.68. The lowest BCUT2D eigenvalue weighted by atomic mass is 10.0. The molecule has 0 amide bonds. The third-order valence-corrected chi connectivity index (χ3v) is 3.14. The van der Waals surface area contributed by atoms with E-state index in [0.717, 1.165) is 12.8 Å². The van der Waals surface area contributed by atoms with Gasteiger partial charge in [0.05, 0.1) is 13.2 Å². The molecule has 4 heteroatoms. The molecular weight excluding hydrogens is 230 g/mol. The third-order valence-electron chi connectivity index (χ3n) is 3.14. The van der Waals surface area contributed by atoms with Gasteiger partial charge in [0.25, 0.3) is 0 Å². The van der Waals surface area contributed by atoms with Crippen LogP contribution in [-0.4, -0.2) is 31.3 Å². The molecule has 1 fully saturated rings. The molecule has 1 aromatic carbocycles. The van der Waals surface area contributed by atoms with Crippen LogP contribution < -0.4 is 5.73 Å². The van der Waals surface area contributed by atoms with Crippen molar-refractivity contribution in [3.05, 3.63) is 35.9 Å². The minimum atomic E-state index is -0.924. The van der Waals surface area contributed by atoms with E-state index in [0.29, 0.717) is 19.6 Å². The first-order valence-electron chi connectivity index (χ1n) is 6.28. The molecule has 1 saturated heterocycles. The second-order valence-corrected chi connectivity index (χ2v) is 4.68. The van der Waals surface area contributed by atoms with Crippen LogP contribution >= 0.6 is 0 Å². The predicted octanol–water partition coefficient (Wildman–Crippen LogP) is 1.28. The lowest BCUT2D eigenvalue weighted by molar-refractivity contribution is -0.150. The molecule has 0 radical (unpaired) electrons. The van der Waals surface area contributed by atoms with Crippen LogP contribution in [0.25, 0.3) is 0 Å². The summed E-state index contributed by atoms with van der Waals surface area (Å²) in [6, 6.07) is 10.1. The highest BCUT2D eigenvalue weighted by Crippen LogP contribution is 2.17. The lowest BCUT2D eigenvalue weighted by Crippen LogP contribution is -2.49. The average molecular weight is 249 g/mol. The molecule has 1 heterocycles. The maximum Gasteiger partial charge on any atom is 0.328 e. The van der Waals surface area contributed by atoms with E-state index in [2.05, 4.69) is 12.1 Å². The molecule has 1 aliphatic rings. The van der Waals surface area contributed by atoms with Crippen LogP contribution in [0.5, 0.6) is 0 Å². The summed E-state index contributed by atoms with van der Waals surface area (Å²) in [6.45, 7) is 1.22. The SMILES string of the molecule is NC1(C(=O)OCCCc2ccccc2)CCOC1. The zero-order chi connectivity index (χ0) is 12.8. The fraction of sp³-hybridized carbons (Fsp3) is 0.500. The standard InChI is InChI=1S/C14H19NO3/c15-14(8-10-17-11-14)13(16)18-9-4-7-12-5-2-1-3-6-12/h1-3,5-6H,4,7-11,15H2. The third kappa shape index (κ3) is 3.31. The Morgan fingerprint density at radius 3 is 2.83 bits per heavy atom. The smallest absolute Gasteiger partial charge is 0.328 e. The van der Waals surface area contributed by atoms with Crippen molar-refractivity contribution < 1.29 is 14.3 Å². The monoisotopic (exact) mass is 249 g/mol. The van der Waals surface area contributed by atoms with Crippen molar-refractivity contribution in [3.63, 3.8) is 0 Å². The number of rotatable bonds is 5. The fourth-order valence-electron chi connectivity index (χ4n) is 1.97. The van der Waals surface area contributed by atoms with Crippen molar-refractivity contribution in [1.29, 1.82) is 0 Å². The first-order valence-corrected chi connectivity index (χ1v) is 6.28. The highest BCUT2D eigenvalue weighted by atomic mass is 16.5. The number of aryl methyl sites for hydroxylation is 1. The lowest BCUT2D eigenvalue weighted by Gasteiger charge is -2.19. The van der Waals surface area contributed by atoms with Crippen molar-refractivity contribution in [1.82, 2.24) is 0 Å². The Morgan fingerprint density at radius 2 is 2.17 bits per heavy atom. The van der Waals surface area contributed by atoms with Gasteiger partial charge >= 0.3 is 5.97 Å². The summed E-state index contributed by atoms with van der Waals surface area (Å²) in [7, 11) is 0. The van der Waals surface area contributed by atoms with Crippen molar-refractivity contribution in [2.24, 2.45) is 5.73 Å². The molecule has 0 aromatic heterocycles. The average Bonchev–Trinajstić information content (AvgIpc) is 2.84. The van der Waals surface area contributed by atoms with E-state index in [9.17, 15) is 4.79 Å². The molecule has 2 N–H and O–H groups in total. The van der Waals surface area contributed by atoms with Crippen molar-refractivity contribution in [2.45, 2.75) is 24.8 Å². The van der Waals surface area contributed by atoms with E-state index in [-0.39, 0.29) is 12.6 Å². The quantitative estimate of drug-likeness (QED) is 0.631. The second kappa shape index (κ2) is 5.98. The van der Waals surface area contributed by atoms with E-state index in [1.54, 1.807) is 0 Å².